The molecule has 0 aromatic carbocycles. The zero-order chi connectivity index (χ0) is 18.6. The fraction of sp³-hybridized carbons (Fsp3) is 0.952. The second-order valence-corrected chi connectivity index (χ2v) is 8.25. The van der Waals surface area contributed by atoms with Crippen LogP contribution in [0.4, 0.5) is 0 Å². The molecule has 0 bridgehead atoms. The van der Waals surface area contributed by atoms with Gasteiger partial charge >= 0.3 is 0 Å². The molecule has 2 saturated heterocycles. The van der Waals surface area contributed by atoms with E-state index in [9.17, 15) is 0 Å². The van der Waals surface area contributed by atoms with Crippen molar-refractivity contribution < 1.29 is 0 Å². The van der Waals surface area contributed by atoms with E-state index in [4.69, 9.17) is 0 Å². The van der Waals surface area contributed by atoms with E-state index in [1.807, 2.05) is 7.05 Å². The van der Waals surface area contributed by atoms with Crippen molar-refractivity contribution in [3.05, 3.63) is 0 Å². The number of likely N-dealkylation sites (tertiary alicyclic amines) is 2. The Bertz CT molecular complexity index is 404. The molecule has 0 aliphatic carbocycles. The number of aliphatic imine (C=N–C) groups is 1. The first kappa shape index (κ1) is 25.0. The maximum atomic E-state index is 4.36. The third-order valence-electron chi connectivity index (χ3n) is 6.18. The average molecular weight is 494 g/mol. The van der Waals surface area contributed by atoms with Gasteiger partial charge in [-0.25, -0.2) is 0 Å². The quantitative estimate of drug-likeness (QED) is 0.223. The lowest BCUT2D eigenvalue weighted by Crippen LogP contribution is -2.41. The largest absolute Gasteiger partial charge is 0.356 e. The molecule has 0 amide bonds. The summed E-state index contributed by atoms with van der Waals surface area (Å²) >= 11 is 0. The molecular weight excluding hydrogens is 449 g/mol. The number of hydrogen-bond acceptors (Lipinski definition) is 3. The molecule has 27 heavy (non-hydrogen) atoms. The van der Waals surface area contributed by atoms with Crippen molar-refractivity contribution in [2.45, 2.75) is 83.7 Å². The van der Waals surface area contributed by atoms with Crippen LogP contribution in [0.25, 0.3) is 0 Å². The van der Waals surface area contributed by atoms with Crippen molar-refractivity contribution in [2.75, 3.05) is 46.3 Å². The molecule has 2 atom stereocenters. The number of guanidine groups is 1. The molecule has 2 fully saturated rings. The standard InChI is InChI=1S/C21H43N5.HI/c1-19-11-4-7-15-25(19)17-9-6-13-23-21(22-3)24-14-10-18-26-16-8-5-12-20(26)2;/h19-20H,4-18H2,1-3H3,(H2,22,23,24);1H. The maximum Gasteiger partial charge on any atom is 0.190 e. The van der Waals surface area contributed by atoms with E-state index in [0.717, 1.165) is 31.1 Å². The van der Waals surface area contributed by atoms with Gasteiger partial charge in [0.25, 0.3) is 0 Å². The Morgan fingerprint density at radius 2 is 1.33 bits per heavy atom. The van der Waals surface area contributed by atoms with E-state index in [0.29, 0.717) is 0 Å². The van der Waals surface area contributed by atoms with Crippen LogP contribution in [0.1, 0.15) is 71.6 Å². The van der Waals surface area contributed by atoms with Crippen LogP contribution in [0.3, 0.4) is 0 Å². The second-order valence-electron chi connectivity index (χ2n) is 8.25. The lowest BCUT2D eigenvalue weighted by Gasteiger charge is -2.33. The maximum absolute atomic E-state index is 4.36. The molecule has 6 heteroatoms. The van der Waals surface area contributed by atoms with E-state index in [-0.39, 0.29) is 24.0 Å². The summed E-state index contributed by atoms with van der Waals surface area (Å²) in [6.07, 6.45) is 12.0. The minimum Gasteiger partial charge on any atom is -0.356 e. The van der Waals surface area contributed by atoms with E-state index >= 15 is 0 Å². The first-order chi connectivity index (χ1) is 12.7. The smallest absolute Gasteiger partial charge is 0.190 e. The van der Waals surface area contributed by atoms with Crippen LogP contribution in [0.15, 0.2) is 4.99 Å². The molecule has 5 nitrogen and oxygen atoms in total. The van der Waals surface area contributed by atoms with Crippen molar-refractivity contribution in [1.82, 2.24) is 20.4 Å². The van der Waals surface area contributed by atoms with Crippen molar-refractivity contribution in [3.63, 3.8) is 0 Å². The number of nitrogens with one attached hydrogen (secondary N) is 2. The highest BCUT2D eigenvalue weighted by atomic mass is 127. The molecule has 2 unspecified atom stereocenters. The van der Waals surface area contributed by atoms with Gasteiger partial charge in [0.15, 0.2) is 5.96 Å². The van der Waals surface area contributed by atoms with E-state index in [2.05, 4.69) is 39.3 Å². The Labute approximate surface area is 185 Å². The Balaban J connectivity index is 0.00000364. The first-order valence-electron chi connectivity index (χ1n) is 11.1. The molecule has 0 saturated carbocycles. The van der Waals surface area contributed by atoms with E-state index < -0.39 is 0 Å². The predicted octanol–water partition coefficient (Wildman–Crippen LogP) is 3.69. The Hall–Kier alpha value is -0.0800. The molecule has 160 valence electrons. The van der Waals surface area contributed by atoms with Gasteiger partial charge in [-0.1, -0.05) is 12.8 Å². The number of halogens is 1. The second kappa shape index (κ2) is 14.9. The van der Waals surface area contributed by atoms with Crippen LogP contribution in [0.2, 0.25) is 0 Å². The number of piperidine rings is 2. The highest BCUT2D eigenvalue weighted by molar-refractivity contribution is 14.0. The lowest BCUT2D eigenvalue weighted by molar-refractivity contribution is 0.158. The van der Waals surface area contributed by atoms with Crippen molar-refractivity contribution in [1.29, 1.82) is 0 Å². The highest BCUT2D eigenvalue weighted by Crippen LogP contribution is 2.17. The zero-order valence-corrected chi connectivity index (χ0v) is 20.3. The number of unbranched alkanes of at least 4 members (excludes halogenated alkanes) is 1. The summed E-state index contributed by atoms with van der Waals surface area (Å²) in [6.45, 7) is 11.8. The molecular formula is C21H44IN5. The molecule has 2 N–H and O–H groups in total. The Kier molecular flexibility index (Phi) is 13.7. The summed E-state index contributed by atoms with van der Waals surface area (Å²) < 4.78 is 0. The molecule has 2 heterocycles. The van der Waals surface area contributed by atoms with Gasteiger partial charge in [-0.05, 0) is 78.4 Å². The lowest BCUT2D eigenvalue weighted by atomic mass is 10.0. The molecule has 0 aromatic rings. The third-order valence-corrected chi connectivity index (χ3v) is 6.18. The number of hydrogen-bond donors (Lipinski definition) is 2. The van der Waals surface area contributed by atoms with Gasteiger partial charge in [-0.2, -0.15) is 0 Å². The summed E-state index contributed by atoms with van der Waals surface area (Å²) in [7, 11) is 1.87. The van der Waals surface area contributed by atoms with E-state index in [1.54, 1.807) is 0 Å². The van der Waals surface area contributed by atoms with Crippen LogP contribution in [0, 0.1) is 0 Å². The van der Waals surface area contributed by atoms with Gasteiger partial charge in [0.05, 0.1) is 0 Å². The van der Waals surface area contributed by atoms with Gasteiger partial charge < -0.3 is 20.4 Å². The van der Waals surface area contributed by atoms with Gasteiger partial charge in [0.1, 0.15) is 0 Å². The topological polar surface area (TPSA) is 42.9 Å². The highest BCUT2D eigenvalue weighted by Gasteiger charge is 2.18. The SMILES string of the molecule is CN=C(NCCCCN1CCCCC1C)NCCCN1CCCCC1C.I. The van der Waals surface area contributed by atoms with Crippen molar-refractivity contribution in [3.8, 4) is 0 Å². The summed E-state index contributed by atoms with van der Waals surface area (Å²) in [5.74, 6) is 0.961. The van der Waals surface area contributed by atoms with Crippen LogP contribution >= 0.6 is 24.0 Å². The summed E-state index contributed by atoms with van der Waals surface area (Å²) in [6, 6.07) is 1.55. The zero-order valence-electron chi connectivity index (χ0n) is 18.0. The molecule has 2 aliphatic rings. The Morgan fingerprint density at radius 3 is 1.85 bits per heavy atom. The number of nitrogens with zero attached hydrogens (tertiary/aromatic N) is 3. The van der Waals surface area contributed by atoms with Crippen LogP contribution < -0.4 is 10.6 Å². The first-order valence-corrected chi connectivity index (χ1v) is 11.1. The minimum absolute atomic E-state index is 0. The average Bonchev–Trinajstić information content (AvgIpc) is 2.66. The minimum atomic E-state index is 0. The van der Waals surface area contributed by atoms with Gasteiger partial charge in [0, 0.05) is 38.8 Å². The summed E-state index contributed by atoms with van der Waals surface area (Å²) in [4.78, 5) is 9.66. The predicted molar refractivity (Wildman–Crippen MR) is 128 cm³/mol. The van der Waals surface area contributed by atoms with Crippen LogP contribution in [0.5, 0.6) is 0 Å². The Morgan fingerprint density at radius 1 is 0.815 bits per heavy atom. The van der Waals surface area contributed by atoms with Crippen LogP contribution in [-0.2, 0) is 0 Å². The van der Waals surface area contributed by atoms with Crippen LogP contribution in [-0.4, -0.2) is 74.2 Å². The summed E-state index contributed by atoms with van der Waals surface area (Å²) in [5.41, 5.74) is 0. The van der Waals surface area contributed by atoms with Gasteiger partial charge in [0.2, 0.25) is 0 Å². The van der Waals surface area contributed by atoms with Gasteiger partial charge in [-0.3, -0.25) is 4.99 Å². The third kappa shape index (κ3) is 9.79. The fourth-order valence-corrected chi connectivity index (χ4v) is 4.34. The molecule has 2 rings (SSSR count). The van der Waals surface area contributed by atoms with Crippen molar-refractivity contribution >= 4 is 29.9 Å². The number of rotatable bonds is 9. The molecule has 0 spiro atoms. The summed E-state index contributed by atoms with van der Waals surface area (Å²) in [5, 5.41) is 6.95. The molecule has 0 radical (unpaired) electrons. The van der Waals surface area contributed by atoms with E-state index in [1.165, 1.54) is 84.0 Å². The molecule has 2 aliphatic heterocycles. The van der Waals surface area contributed by atoms with Gasteiger partial charge in [-0.15, -0.1) is 24.0 Å². The van der Waals surface area contributed by atoms with Crippen molar-refractivity contribution in [2.24, 2.45) is 4.99 Å². The fourth-order valence-electron chi connectivity index (χ4n) is 4.34. The molecule has 0 aromatic heterocycles. The monoisotopic (exact) mass is 493 g/mol. The normalized spacial score (nSPS) is 25.1.